The normalized spacial score (nSPS) is 11.2. The van der Waals surface area contributed by atoms with E-state index in [4.69, 9.17) is 31.2 Å². The molecule has 0 N–H and O–H groups in total. The molecule has 7 nitrogen and oxygen atoms in total. The fraction of sp³-hybridized carbons (Fsp3) is 0.450. The van der Waals surface area contributed by atoms with Gasteiger partial charge >= 0.3 is 0 Å². The zero-order chi connectivity index (χ0) is 22.0. The quantitative estimate of drug-likeness (QED) is 0.401. The molecule has 0 saturated carbocycles. The maximum atomic E-state index is 12.8. The molecule has 0 radical (unpaired) electrons. The molecule has 0 aromatic heterocycles. The van der Waals surface area contributed by atoms with Crippen molar-refractivity contribution in [1.29, 1.82) is 0 Å². The second-order valence-electron chi connectivity index (χ2n) is 5.76. The predicted octanol–water partition coefficient (Wildman–Crippen LogP) is 3.76. The Labute approximate surface area is 181 Å². The number of thiocarbonyl (C=S) groups is 1. The van der Waals surface area contributed by atoms with Crippen molar-refractivity contribution in [3.8, 4) is 17.2 Å². The molecule has 1 atom stereocenters. The van der Waals surface area contributed by atoms with Crippen LogP contribution in [0.25, 0.3) is 0 Å². The fourth-order valence-corrected chi connectivity index (χ4v) is 3.97. The minimum Gasteiger partial charge on any atom is -0.493 e. The molecule has 0 bridgehead atoms. The maximum absolute atomic E-state index is 12.8. The number of carbonyl (C=O) groups excluding carboxylic acids is 2. The first-order chi connectivity index (χ1) is 13.8. The highest BCUT2D eigenvalue weighted by atomic mass is 32.2. The zero-order valence-electron chi connectivity index (χ0n) is 17.4. The minimum atomic E-state index is -0.429. The Kier molecular flexibility index (Phi) is 10.5. The molecule has 0 saturated heterocycles. The van der Waals surface area contributed by atoms with E-state index in [2.05, 4.69) is 6.58 Å². The van der Waals surface area contributed by atoms with E-state index in [-0.39, 0.29) is 24.8 Å². The van der Waals surface area contributed by atoms with Gasteiger partial charge in [0.15, 0.2) is 11.5 Å². The van der Waals surface area contributed by atoms with Crippen LogP contribution in [0.1, 0.15) is 31.1 Å². The minimum absolute atomic E-state index is 0.0178. The van der Waals surface area contributed by atoms with Crippen LogP contribution in [0.15, 0.2) is 24.8 Å². The predicted molar refractivity (Wildman–Crippen MR) is 118 cm³/mol. The Morgan fingerprint density at radius 2 is 1.79 bits per heavy atom. The highest BCUT2D eigenvalue weighted by Crippen LogP contribution is 2.44. The van der Waals surface area contributed by atoms with E-state index in [0.29, 0.717) is 28.2 Å². The number of nitrogens with zero attached hydrogens (tertiary/aromatic N) is 1. The van der Waals surface area contributed by atoms with Gasteiger partial charge in [0.25, 0.3) is 0 Å². The van der Waals surface area contributed by atoms with E-state index in [1.54, 1.807) is 12.1 Å². The zero-order valence-corrected chi connectivity index (χ0v) is 19.0. The summed E-state index contributed by atoms with van der Waals surface area (Å²) in [5, 5.41) is -0.429. The first-order valence-corrected chi connectivity index (χ1v) is 10.2. The molecule has 0 aliphatic carbocycles. The number of methoxy groups -OCH3 is 3. The molecule has 2 amide bonds. The monoisotopic (exact) mass is 441 g/mol. The summed E-state index contributed by atoms with van der Waals surface area (Å²) in [5.74, 6) is 0.658. The average molecular weight is 442 g/mol. The number of hydrogen-bond donors (Lipinski definition) is 0. The summed E-state index contributed by atoms with van der Waals surface area (Å²) in [6, 6.07) is 3.51. The first-order valence-electron chi connectivity index (χ1n) is 8.87. The molecular weight excluding hydrogens is 414 g/mol. The first kappa shape index (κ1) is 24.8. The Morgan fingerprint density at radius 3 is 2.21 bits per heavy atom. The second-order valence-corrected chi connectivity index (χ2v) is 7.57. The molecule has 29 heavy (non-hydrogen) atoms. The summed E-state index contributed by atoms with van der Waals surface area (Å²) >= 11 is 6.49. The van der Waals surface area contributed by atoms with Gasteiger partial charge in [0.1, 0.15) is 0 Å². The van der Waals surface area contributed by atoms with E-state index in [9.17, 15) is 9.59 Å². The van der Waals surface area contributed by atoms with Gasteiger partial charge in [0, 0.05) is 25.1 Å². The van der Waals surface area contributed by atoms with E-state index in [0.717, 1.165) is 10.5 Å². The number of benzene rings is 1. The summed E-state index contributed by atoms with van der Waals surface area (Å²) in [6.45, 7) is 7.32. The van der Waals surface area contributed by atoms with Crippen LogP contribution < -0.4 is 14.2 Å². The lowest BCUT2D eigenvalue weighted by Crippen LogP contribution is -2.35. The van der Waals surface area contributed by atoms with Crippen LogP contribution in [-0.4, -0.2) is 55.6 Å². The van der Waals surface area contributed by atoms with Crippen molar-refractivity contribution in [3.63, 3.8) is 0 Å². The molecule has 160 valence electrons. The molecule has 1 unspecified atom stereocenters. The third-order valence-corrected chi connectivity index (χ3v) is 5.35. The summed E-state index contributed by atoms with van der Waals surface area (Å²) in [5.41, 5.74) is 0.724. The lowest BCUT2D eigenvalue weighted by Gasteiger charge is -2.23. The Bertz CT molecular complexity index is 727. The molecule has 0 fully saturated rings. The Balaban J connectivity index is 3.34. The van der Waals surface area contributed by atoms with Crippen LogP contribution in [0.5, 0.6) is 17.2 Å². The lowest BCUT2D eigenvalue weighted by molar-refractivity contribution is -0.142. The van der Waals surface area contributed by atoms with Gasteiger partial charge in [-0.2, -0.15) is 0 Å². The van der Waals surface area contributed by atoms with Gasteiger partial charge in [-0.3, -0.25) is 14.5 Å². The van der Waals surface area contributed by atoms with Gasteiger partial charge in [-0.25, -0.2) is 0 Å². The molecule has 9 heteroatoms. The van der Waals surface area contributed by atoms with Crippen molar-refractivity contribution in [1.82, 2.24) is 4.90 Å². The fourth-order valence-electron chi connectivity index (χ4n) is 2.59. The largest absolute Gasteiger partial charge is 0.493 e. The highest BCUT2D eigenvalue weighted by Gasteiger charge is 2.27. The van der Waals surface area contributed by atoms with E-state index in [1.807, 2.05) is 6.92 Å². The topological polar surface area (TPSA) is 74.3 Å². The molecular formula is C20H27NO6S2. The number of hydrogen-bond acceptors (Lipinski definition) is 8. The molecule has 0 heterocycles. The van der Waals surface area contributed by atoms with Crippen molar-refractivity contribution < 1.29 is 28.5 Å². The van der Waals surface area contributed by atoms with Gasteiger partial charge in [0.2, 0.25) is 21.9 Å². The summed E-state index contributed by atoms with van der Waals surface area (Å²) < 4.78 is 21.9. The van der Waals surface area contributed by atoms with Crippen molar-refractivity contribution in [2.75, 3.05) is 34.5 Å². The van der Waals surface area contributed by atoms with Crippen molar-refractivity contribution in [2.24, 2.45) is 0 Å². The number of rotatable bonds is 10. The number of ether oxygens (including phenoxy) is 4. The van der Waals surface area contributed by atoms with Crippen molar-refractivity contribution >= 4 is 40.2 Å². The lowest BCUT2D eigenvalue weighted by atomic mass is 10.1. The SMILES string of the molecule is C=CCN(C(C)=O)C(=O)CC(SC(=S)OCC)c1cc(OC)c(OC)c(OC)c1. The van der Waals surface area contributed by atoms with E-state index >= 15 is 0 Å². The molecule has 0 aliphatic heterocycles. The molecule has 0 spiro atoms. The highest BCUT2D eigenvalue weighted by molar-refractivity contribution is 8.22. The summed E-state index contributed by atoms with van der Waals surface area (Å²) in [4.78, 5) is 25.8. The van der Waals surface area contributed by atoms with Gasteiger partial charge < -0.3 is 18.9 Å². The third kappa shape index (κ3) is 6.93. The molecule has 1 aromatic rings. The van der Waals surface area contributed by atoms with Gasteiger partial charge in [0.05, 0.1) is 27.9 Å². The summed E-state index contributed by atoms with van der Waals surface area (Å²) in [6.07, 6.45) is 1.52. The smallest absolute Gasteiger partial charge is 0.230 e. The van der Waals surface area contributed by atoms with E-state index < -0.39 is 5.25 Å². The van der Waals surface area contributed by atoms with Crippen LogP contribution >= 0.6 is 24.0 Å². The number of carbonyl (C=O) groups is 2. The van der Waals surface area contributed by atoms with Gasteiger partial charge in [-0.1, -0.05) is 17.8 Å². The van der Waals surface area contributed by atoms with Crippen LogP contribution in [-0.2, 0) is 14.3 Å². The van der Waals surface area contributed by atoms with Gasteiger partial charge in [-0.05, 0) is 36.8 Å². The van der Waals surface area contributed by atoms with Crippen LogP contribution in [0.4, 0.5) is 0 Å². The number of imide groups is 1. The maximum Gasteiger partial charge on any atom is 0.230 e. The van der Waals surface area contributed by atoms with Crippen molar-refractivity contribution in [3.05, 3.63) is 30.4 Å². The Hall–Kier alpha value is -2.26. The Morgan fingerprint density at radius 1 is 1.21 bits per heavy atom. The standard InChI is InChI=1S/C20H27NO6S2/c1-7-9-21(13(3)22)18(23)12-17(29-20(28)27-8-2)14-10-15(24-4)19(26-6)16(11-14)25-5/h7,10-11,17H,1,8-9,12H2,2-6H3. The number of thioether (sulfide) groups is 1. The third-order valence-electron chi connectivity index (χ3n) is 3.91. The summed E-state index contributed by atoms with van der Waals surface area (Å²) in [7, 11) is 4.54. The second kappa shape index (κ2) is 12.3. The van der Waals surface area contributed by atoms with Crippen LogP contribution in [0.3, 0.4) is 0 Å². The number of amides is 2. The van der Waals surface area contributed by atoms with Crippen LogP contribution in [0.2, 0.25) is 0 Å². The van der Waals surface area contributed by atoms with E-state index in [1.165, 1.54) is 46.1 Å². The van der Waals surface area contributed by atoms with Crippen molar-refractivity contribution in [2.45, 2.75) is 25.5 Å². The van der Waals surface area contributed by atoms with Gasteiger partial charge in [-0.15, -0.1) is 6.58 Å². The molecule has 0 aliphatic rings. The molecule has 1 aromatic carbocycles. The molecule has 1 rings (SSSR count). The average Bonchev–Trinajstić information content (AvgIpc) is 2.69. The van der Waals surface area contributed by atoms with Crippen LogP contribution in [0, 0.1) is 0 Å².